The quantitative estimate of drug-likeness (QED) is 0.881. The number of aromatic nitrogens is 2. The molecule has 3 heterocycles. The number of rotatable bonds is 5. The van der Waals surface area contributed by atoms with E-state index < -0.39 is 0 Å². The fourth-order valence-corrected chi connectivity index (χ4v) is 3.38. The molecule has 2 N–H and O–H groups in total. The number of nitrogens with zero attached hydrogens (tertiary/aromatic N) is 3. The van der Waals surface area contributed by atoms with Gasteiger partial charge in [-0.05, 0) is 18.9 Å². The van der Waals surface area contributed by atoms with E-state index in [-0.39, 0.29) is 6.10 Å². The molecule has 6 heteroatoms. The van der Waals surface area contributed by atoms with Gasteiger partial charge in [-0.25, -0.2) is 4.98 Å². The number of hydrogen-bond acceptors (Lipinski definition) is 5. The number of aliphatic hydroxyl groups excluding tert-OH is 1. The Morgan fingerprint density at radius 3 is 3.10 bits per heavy atom. The highest BCUT2D eigenvalue weighted by molar-refractivity contribution is 7.15. The van der Waals surface area contributed by atoms with E-state index in [1.807, 2.05) is 0 Å². The molecular formula is C14H22N4OS. The molecule has 0 aromatic carbocycles. The Kier molecular flexibility index (Phi) is 3.96. The minimum atomic E-state index is -0.216. The normalized spacial score (nSPS) is 19.6. The van der Waals surface area contributed by atoms with Gasteiger partial charge < -0.3 is 15.3 Å². The van der Waals surface area contributed by atoms with Gasteiger partial charge in [-0.15, -0.1) is 11.3 Å². The summed E-state index contributed by atoms with van der Waals surface area (Å²) in [5.41, 5.74) is 1.20. The highest BCUT2D eigenvalue weighted by atomic mass is 32.1. The number of hydrogen-bond donors (Lipinski definition) is 2. The Hall–Kier alpha value is -1.11. The molecule has 1 unspecified atom stereocenters. The minimum Gasteiger partial charge on any atom is -0.391 e. The molecule has 1 aliphatic heterocycles. The van der Waals surface area contributed by atoms with Gasteiger partial charge in [-0.2, -0.15) is 0 Å². The standard InChI is InChI=1S/C14H22N4OS/c1-10(2)7-15-8-12-13(17-4-3-11(19)9-17)16-14-18(12)5-6-20-14/h5-6,10-11,15,19H,3-4,7-9H2,1-2H3. The lowest BCUT2D eigenvalue weighted by Crippen LogP contribution is -2.25. The van der Waals surface area contributed by atoms with Crippen LogP contribution in [0.1, 0.15) is 26.0 Å². The molecule has 2 aromatic heterocycles. The zero-order valence-electron chi connectivity index (χ0n) is 12.0. The molecule has 2 aromatic rings. The van der Waals surface area contributed by atoms with Crippen molar-refractivity contribution >= 4 is 22.1 Å². The molecule has 0 saturated carbocycles. The summed E-state index contributed by atoms with van der Waals surface area (Å²) in [6.07, 6.45) is 2.70. The van der Waals surface area contributed by atoms with Gasteiger partial charge in [0.25, 0.3) is 0 Å². The summed E-state index contributed by atoms with van der Waals surface area (Å²) in [5.74, 6) is 1.67. The Morgan fingerprint density at radius 2 is 2.40 bits per heavy atom. The molecule has 1 aliphatic rings. The van der Waals surface area contributed by atoms with Crippen molar-refractivity contribution in [3.05, 3.63) is 17.3 Å². The number of aliphatic hydroxyl groups is 1. The lowest BCUT2D eigenvalue weighted by atomic mass is 10.2. The number of nitrogens with one attached hydrogen (secondary N) is 1. The van der Waals surface area contributed by atoms with Crippen molar-refractivity contribution in [3.8, 4) is 0 Å². The molecule has 0 aliphatic carbocycles. The van der Waals surface area contributed by atoms with Crippen molar-refractivity contribution in [2.24, 2.45) is 5.92 Å². The van der Waals surface area contributed by atoms with Gasteiger partial charge in [0.1, 0.15) is 0 Å². The summed E-state index contributed by atoms with van der Waals surface area (Å²) in [7, 11) is 0. The van der Waals surface area contributed by atoms with Gasteiger partial charge in [0.05, 0.1) is 11.8 Å². The second kappa shape index (κ2) is 5.71. The maximum atomic E-state index is 9.74. The first-order chi connectivity index (χ1) is 9.65. The number of thiazole rings is 1. The second-order valence-corrected chi connectivity index (χ2v) is 6.72. The molecule has 1 saturated heterocycles. The Balaban J connectivity index is 1.84. The minimum absolute atomic E-state index is 0.216. The van der Waals surface area contributed by atoms with Crippen molar-refractivity contribution in [3.63, 3.8) is 0 Å². The molecule has 20 heavy (non-hydrogen) atoms. The molecule has 0 amide bonds. The SMILES string of the molecule is CC(C)CNCc1c(N2CCC(O)C2)nc2sccn12. The van der Waals surface area contributed by atoms with E-state index in [4.69, 9.17) is 4.98 Å². The number of anilines is 1. The molecule has 3 rings (SSSR count). The van der Waals surface area contributed by atoms with Crippen LogP contribution in [0.3, 0.4) is 0 Å². The first-order valence-corrected chi connectivity index (χ1v) is 8.11. The fourth-order valence-electron chi connectivity index (χ4n) is 2.65. The van der Waals surface area contributed by atoms with Crippen LogP contribution in [-0.2, 0) is 6.54 Å². The average Bonchev–Trinajstić information content (AvgIpc) is 3.05. The Bertz CT molecular complexity index is 577. The van der Waals surface area contributed by atoms with E-state index in [0.717, 1.165) is 36.8 Å². The summed E-state index contributed by atoms with van der Waals surface area (Å²) < 4.78 is 2.16. The summed E-state index contributed by atoms with van der Waals surface area (Å²) in [4.78, 5) is 7.98. The van der Waals surface area contributed by atoms with Crippen molar-refractivity contribution in [2.45, 2.75) is 32.9 Å². The predicted molar refractivity (Wildman–Crippen MR) is 82.5 cm³/mol. The van der Waals surface area contributed by atoms with Crippen LogP contribution < -0.4 is 10.2 Å². The largest absolute Gasteiger partial charge is 0.391 e. The van der Waals surface area contributed by atoms with Crippen LogP contribution in [0.4, 0.5) is 5.82 Å². The zero-order chi connectivity index (χ0) is 14.1. The summed E-state index contributed by atoms with van der Waals surface area (Å²) in [5, 5.41) is 15.3. The molecule has 110 valence electrons. The smallest absolute Gasteiger partial charge is 0.195 e. The fraction of sp³-hybridized carbons (Fsp3) is 0.643. The molecule has 5 nitrogen and oxygen atoms in total. The first kappa shape index (κ1) is 13.9. The van der Waals surface area contributed by atoms with Crippen LogP contribution in [-0.4, -0.2) is 40.2 Å². The second-order valence-electron chi connectivity index (χ2n) is 5.85. The molecule has 1 fully saturated rings. The number of imidazole rings is 1. The van der Waals surface area contributed by atoms with Crippen molar-refractivity contribution < 1.29 is 5.11 Å². The van der Waals surface area contributed by atoms with Gasteiger partial charge in [-0.1, -0.05) is 13.8 Å². The van der Waals surface area contributed by atoms with Crippen molar-refractivity contribution in [1.82, 2.24) is 14.7 Å². The van der Waals surface area contributed by atoms with E-state index in [1.165, 1.54) is 5.69 Å². The number of β-amino-alcohol motifs (C(OH)–C–C–N with tert-alkyl or cyclic N) is 1. The van der Waals surface area contributed by atoms with Crippen LogP contribution >= 0.6 is 11.3 Å². The third-order valence-corrected chi connectivity index (χ3v) is 4.40. The summed E-state index contributed by atoms with van der Waals surface area (Å²) in [6, 6.07) is 0. The maximum absolute atomic E-state index is 9.74. The highest BCUT2D eigenvalue weighted by Gasteiger charge is 2.25. The van der Waals surface area contributed by atoms with Crippen LogP contribution in [0.5, 0.6) is 0 Å². The molecular weight excluding hydrogens is 272 g/mol. The van der Waals surface area contributed by atoms with Crippen LogP contribution in [0.25, 0.3) is 4.96 Å². The van der Waals surface area contributed by atoms with Crippen LogP contribution in [0, 0.1) is 5.92 Å². The molecule has 1 atom stereocenters. The molecule has 0 spiro atoms. The third-order valence-electron chi connectivity index (χ3n) is 3.65. The van der Waals surface area contributed by atoms with E-state index >= 15 is 0 Å². The summed E-state index contributed by atoms with van der Waals surface area (Å²) >= 11 is 1.66. The lowest BCUT2D eigenvalue weighted by Gasteiger charge is -2.17. The predicted octanol–water partition coefficient (Wildman–Crippen LogP) is 1.71. The van der Waals surface area contributed by atoms with Gasteiger partial charge in [0.2, 0.25) is 0 Å². The van der Waals surface area contributed by atoms with Gasteiger partial charge in [0, 0.05) is 31.2 Å². The van der Waals surface area contributed by atoms with Crippen LogP contribution in [0.15, 0.2) is 11.6 Å². The third kappa shape index (κ3) is 2.68. The average molecular weight is 294 g/mol. The van der Waals surface area contributed by atoms with E-state index in [9.17, 15) is 5.11 Å². The monoisotopic (exact) mass is 294 g/mol. The number of fused-ring (bicyclic) bond motifs is 1. The van der Waals surface area contributed by atoms with Crippen molar-refractivity contribution in [2.75, 3.05) is 24.5 Å². The van der Waals surface area contributed by atoms with E-state index in [2.05, 4.69) is 40.0 Å². The van der Waals surface area contributed by atoms with Crippen LogP contribution in [0.2, 0.25) is 0 Å². The van der Waals surface area contributed by atoms with Crippen molar-refractivity contribution in [1.29, 1.82) is 0 Å². The maximum Gasteiger partial charge on any atom is 0.195 e. The molecule has 0 bridgehead atoms. The lowest BCUT2D eigenvalue weighted by molar-refractivity contribution is 0.198. The highest BCUT2D eigenvalue weighted by Crippen LogP contribution is 2.27. The topological polar surface area (TPSA) is 52.8 Å². The van der Waals surface area contributed by atoms with Gasteiger partial charge >= 0.3 is 0 Å². The Labute approximate surface area is 123 Å². The molecule has 0 radical (unpaired) electrons. The zero-order valence-corrected chi connectivity index (χ0v) is 12.9. The Morgan fingerprint density at radius 1 is 1.55 bits per heavy atom. The van der Waals surface area contributed by atoms with E-state index in [0.29, 0.717) is 12.5 Å². The first-order valence-electron chi connectivity index (χ1n) is 7.23. The van der Waals surface area contributed by atoms with E-state index in [1.54, 1.807) is 11.3 Å². The van der Waals surface area contributed by atoms with Gasteiger partial charge in [-0.3, -0.25) is 4.40 Å². The summed E-state index contributed by atoms with van der Waals surface area (Å²) in [6.45, 7) is 7.82. The van der Waals surface area contributed by atoms with Gasteiger partial charge in [0.15, 0.2) is 10.8 Å².